The summed E-state index contributed by atoms with van der Waals surface area (Å²) >= 11 is 0. The third-order valence-electron chi connectivity index (χ3n) is 5.57. The van der Waals surface area contributed by atoms with Gasteiger partial charge in [-0.25, -0.2) is 4.99 Å². The minimum Gasteiger partial charge on any atom is -0.463 e. The molecular weight excluding hydrogens is 298 g/mol. The van der Waals surface area contributed by atoms with Crippen LogP contribution in [-0.2, 0) is 4.74 Å². The fourth-order valence-corrected chi connectivity index (χ4v) is 4.30. The Hall–Kier alpha value is -2.54. The molecule has 2 aliphatic carbocycles. The number of benzene rings is 1. The first-order valence-corrected chi connectivity index (χ1v) is 8.50. The fraction of sp³-hybridized carbons (Fsp3) is 0.400. The number of fused-ring (bicyclic) bond motifs is 1. The van der Waals surface area contributed by atoms with Crippen molar-refractivity contribution in [2.75, 3.05) is 6.61 Å². The predicted octanol–water partition coefficient (Wildman–Crippen LogP) is 3.40. The zero-order chi connectivity index (χ0) is 16.7. The summed E-state index contributed by atoms with van der Waals surface area (Å²) in [5.41, 5.74) is 10.1. The van der Waals surface area contributed by atoms with Gasteiger partial charge in [0.25, 0.3) is 6.02 Å². The third kappa shape index (κ3) is 2.41. The molecule has 4 rings (SSSR count). The summed E-state index contributed by atoms with van der Waals surface area (Å²) in [4.78, 5) is 4.62. The Morgan fingerprint density at radius 3 is 3.04 bits per heavy atom. The van der Waals surface area contributed by atoms with Gasteiger partial charge in [0.1, 0.15) is 12.1 Å². The number of nitrogens with two attached hydrogens (primary N) is 1. The summed E-state index contributed by atoms with van der Waals surface area (Å²) in [6.45, 7) is 2.86. The van der Waals surface area contributed by atoms with Gasteiger partial charge in [0, 0.05) is 0 Å². The van der Waals surface area contributed by atoms with E-state index in [1.165, 1.54) is 11.1 Å². The maximum absolute atomic E-state index is 9.20. The molecule has 0 amide bonds. The first-order chi connectivity index (χ1) is 11.6. The molecule has 0 aromatic heterocycles. The van der Waals surface area contributed by atoms with Gasteiger partial charge in [-0.2, -0.15) is 5.26 Å². The van der Waals surface area contributed by atoms with Gasteiger partial charge in [0.15, 0.2) is 0 Å². The summed E-state index contributed by atoms with van der Waals surface area (Å²) in [6, 6.07) is 10.4. The Morgan fingerprint density at radius 1 is 1.42 bits per heavy atom. The highest BCUT2D eigenvalue weighted by Gasteiger charge is 2.44. The van der Waals surface area contributed by atoms with Crippen molar-refractivity contribution in [3.05, 3.63) is 53.1 Å². The van der Waals surface area contributed by atoms with Gasteiger partial charge in [0.2, 0.25) is 0 Å². The molecule has 3 atom stereocenters. The van der Waals surface area contributed by atoms with Crippen molar-refractivity contribution >= 4 is 11.6 Å². The van der Waals surface area contributed by atoms with Crippen LogP contribution >= 0.6 is 0 Å². The molecule has 0 bridgehead atoms. The Labute approximate surface area is 142 Å². The first-order valence-electron chi connectivity index (χ1n) is 8.50. The van der Waals surface area contributed by atoms with Crippen LogP contribution in [0.2, 0.25) is 0 Å². The molecule has 4 nitrogen and oxygen atoms in total. The lowest BCUT2D eigenvalue weighted by atomic mass is 9.66. The summed E-state index contributed by atoms with van der Waals surface area (Å²) in [6.07, 6.45) is 7.52. The van der Waals surface area contributed by atoms with E-state index >= 15 is 0 Å². The summed E-state index contributed by atoms with van der Waals surface area (Å²) in [7, 11) is 0. The average molecular weight is 319 g/mol. The van der Waals surface area contributed by atoms with Gasteiger partial charge in [-0.05, 0) is 54.4 Å². The number of rotatable bonds is 1. The second-order valence-electron chi connectivity index (χ2n) is 7.13. The quantitative estimate of drug-likeness (QED) is 0.862. The van der Waals surface area contributed by atoms with Gasteiger partial charge in [0.05, 0.1) is 11.6 Å². The minimum absolute atomic E-state index is 0.196. The molecule has 1 fully saturated rings. The van der Waals surface area contributed by atoms with Crippen molar-refractivity contribution < 1.29 is 4.74 Å². The van der Waals surface area contributed by atoms with Crippen molar-refractivity contribution in [2.45, 2.75) is 31.7 Å². The summed E-state index contributed by atoms with van der Waals surface area (Å²) in [5, 5.41) is 9.20. The van der Waals surface area contributed by atoms with Crippen LogP contribution in [-0.4, -0.2) is 18.2 Å². The molecule has 122 valence electrons. The number of aliphatic imine (C=N–C) groups is 1. The number of hydrogen-bond acceptors (Lipinski definition) is 4. The van der Waals surface area contributed by atoms with Crippen molar-refractivity contribution in [1.82, 2.24) is 0 Å². The van der Waals surface area contributed by atoms with Crippen molar-refractivity contribution in [3.8, 4) is 6.07 Å². The maximum Gasteiger partial charge on any atom is 0.282 e. The average Bonchev–Trinajstić information content (AvgIpc) is 2.95. The van der Waals surface area contributed by atoms with Gasteiger partial charge in [-0.1, -0.05) is 36.8 Å². The number of ether oxygens (including phenoxy) is 1. The zero-order valence-electron chi connectivity index (χ0n) is 13.8. The van der Waals surface area contributed by atoms with Gasteiger partial charge in [-0.15, -0.1) is 0 Å². The molecule has 3 aliphatic rings. The second-order valence-corrected chi connectivity index (χ2v) is 7.13. The largest absolute Gasteiger partial charge is 0.463 e. The lowest BCUT2D eigenvalue weighted by Gasteiger charge is -2.40. The van der Waals surface area contributed by atoms with Crippen LogP contribution in [0, 0.1) is 23.2 Å². The molecule has 1 spiro atoms. The number of allylic oxidation sites excluding steroid dienone is 3. The molecule has 2 N–H and O–H groups in total. The molecule has 1 aromatic carbocycles. The van der Waals surface area contributed by atoms with Gasteiger partial charge < -0.3 is 10.5 Å². The van der Waals surface area contributed by atoms with Crippen LogP contribution in [0.4, 0.5) is 0 Å². The van der Waals surface area contributed by atoms with Crippen LogP contribution in [0.3, 0.4) is 0 Å². The maximum atomic E-state index is 9.20. The van der Waals surface area contributed by atoms with E-state index in [2.05, 4.69) is 36.2 Å². The van der Waals surface area contributed by atoms with E-state index < -0.39 is 0 Å². The molecule has 1 aliphatic heterocycles. The highest BCUT2D eigenvalue weighted by molar-refractivity contribution is 5.80. The van der Waals surface area contributed by atoms with E-state index in [-0.39, 0.29) is 5.54 Å². The highest BCUT2D eigenvalue weighted by Crippen LogP contribution is 2.48. The number of hydrogen-bond donors (Lipinski definition) is 1. The van der Waals surface area contributed by atoms with E-state index in [4.69, 9.17) is 10.5 Å². The van der Waals surface area contributed by atoms with Gasteiger partial charge in [-0.3, -0.25) is 0 Å². The fourth-order valence-electron chi connectivity index (χ4n) is 4.30. The molecule has 0 saturated heterocycles. The van der Waals surface area contributed by atoms with E-state index in [0.717, 1.165) is 24.8 Å². The Kier molecular flexibility index (Phi) is 3.45. The first kappa shape index (κ1) is 15.0. The van der Waals surface area contributed by atoms with Crippen LogP contribution in [0.15, 0.2) is 47.0 Å². The lowest BCUT2D eigenvalue weighted by molar-refractivity contribution is 0.200. The molecule has 3 unspecified atom stereocenters. The monoisotopic (exact) mass is 319 g/mol. The Bertz CT molecular complexity index is 814. The van der Waals surface area contributed by atoms with E-state index in [9.17, 15) is 5.26 Å². The third-order valence-corrected chi connectivity index (χ3v) is 5.57. The van der Waals surface area contributed by atoms with E-state index in [1.54, 1.807) is 0 Å². The topological polar surface area (TPSA) is 71.4 Å². The highest BCUT2D eigenvalue weighted by atomic mass is 16.5. The van der Waals surface area contributed by atoms with Crippen LogP contribution in [0.1, 0.15) is 37.3 Å². The van der Waals surface area contributed by atoms with E-state index in [0.29, 0.717) is 30.0 Å². The Balaban J connectivity index is 1.79. The van der Waals surface area contributed by atoms with Crippen LogP contribution in [0.5, 0.6) is 0 Å². The molecule has 1 heterocycles. The molecular formula is C20H21N3O. The van der Waals surface area contributed by atoms with Crippen molar-refractivity contribution in [3.63, 3.8) is 0 Å². The van der Waals surface area contributed by atoms with Crippen molar-refractivity contribution in [1.29, 1.82) is 5.26 Å². The minimum atomic E-state index is -0.196. The normalized spacial score (nSPS) is 31.4. The molecule has 0 radical (unpaired) electrons. The Morgan fingerprint density at radius 2 is 2.29 bits per heavy atom. The van der Waals surface area contributed by atoms with Crippen LogP contribution in [0.25, 0.3) is 5.57 Å². The molecule has 1 aromatic rings. The van der Waals surface area contributed by atoms with Crippen LogP contribution < -0.4 is 5.73 Å². The smallest absolute Gasteiger partial charge is 0.282 e. The standard InChI is InChI=1S/C20H21N3O/c1-13-5-6-17(15-4-2-3-14(9-15)11-21)18-10-20(8-7-16(13)18)12-24-19(22)23-20/h2-6,9,13,16H,7-8,10,12H2,1H3,(H2,22,23). The van der Waals surface area contributed by atoms with Crippen molar-refractivity contribution in [2.24, 2.45) is 22.6 Å². The lowest BCUT2D eigenvalue weighted by Crippen LogP contribution is -2.37. The molecule has 1 saturated carbocycles. The molecule has 4 heteroatoms. The summed E-state index contributed by atoms with van der Waals surface area (Å²) < 4.78 is 5.47. The van der Waals surface area contributed by atoms with Gasteiger partial charge >= 0.3 is 0 Å². The zero-order valence-corrected chi connectivity index (χ0v) is 13.8. The molecule has 24 heavy (non-hydrogen) atoms. The van der Waals surface area contributed by atoms with E-state index in [1.807, 2.05) is 18.2 Å². The number of amidine groups is 1. The predicted molar refractivity (Wildman–Crippen MR) is 94.0 cm³/mol. The second kappa shape index (κ2) is 5.52. The SMILES string of the molecule is CC1C=CC(c2cccc(C#N)c2)=C2CC3(CCC21)COC(N)=N3. The summed E-state index contributed by atoms with van der Waals surface area (Å²) in [5.74, 6) is 1.07. The number of nitrogens with zero attached hydrogens (tertiary/aromatic N) is 2. The number of nitriles is 1.